The van der Waals surface area contributed by atoms with Crippen molar-refractivity contribution >= 4 is 10.0 Å². The molecule has 7 heteroatoms. The van der Waals surface area contributed by atoms with Crippen molar-refractivity contribution in [2.45, 2.75) is 50.4 Å². The van der Waals surface area contributed by atoms with Crippen molar-refractivity contribution in [3.8, 4) is 0 Å². The van der Waals surface area contributed by atoms with Crippen molar-refractivity contribution < 1.29 is 8.42 Å². The van der Waals surface area contributed by atoms with E-state index in [0.29, 0.717) is 19.0 Å². The second-order valence-corrected chi connectivity index (χ2v) is 7.32. The van der Waals surface area contributed by atoms with Gasteiger partial charge in [0.25, 0.3) is 0 Å². The highest BCUT2D eigenvalue weighted by Crippen LogP contribution is 2.16. The first-order valence-corrected chi connectivity index (χ1v) is 8.26. The molecule has 1 aliphatic rings. The van der Waals surface area contributed by atoms with E-state index in [2.05, 4.69) is 24.3 Å². The van der Waals surface area contributed by atoms with E-state index in [-0.39, 0.29) is 6.04 Å². The lowest BCUT2D eigenvalue weighted by Crippen LogP contribution is -2.47. The Morgan fingerprint density at radius 1 is 1.53 bits per heavy atom. The minimum atomic E-state index is -3.41. The van der Waals surface area contributed by atoms with Crippen molar-refractivity contribution in [3.05, 3.63) is 18.0 Å². The number of hydrogen-bond acceptors (Lipinski definition) is 4. The van der Waals surface area contributed by atoms with Gasteiger partial charge >= 0.3 is 0 Å². The van der Waals surface area contributed by atoms with Crippen molar-refractivity contribution in [3.63, 3.8) is 0 Å². The second kappa shape index (κ2) is 5.60. The van der Waals surface area contributed by atoms with Crippen LogP contribution in [0, 0.1) is 0 Å². The highest BCUT2D eigenvalue weighted by atomic mass is 32.2. The maximum absolute atomic E-state index is 11.3. The molecule has 3 N–H and O–H groups in total. The van der Waals surface area contributed by atoms with Gasteiger partial charge in [0, 0.05) is 31.2 Å². The first kappa shape index (κ1) is 14.5. The minimum Gasteiger partial charge on any atom is -0.312 e. The molecule has 0 aliphatic carbocycles. The van der Waals surface area contributed by atoms with E-state index in [4.69, 9.17) is 5.14 Å². The SMILES string of the molecule is CC(C)n1ccc(CC2CCC(S(N)(=O)=O)CN2)n1. The number of sulfonamides is 1. The van der Waals surface area contributed by atoms with Crippen LogP contribution < -0.4 is 10.5 Å². The maximum Gasteiger partial charge on any atom is 0.213 e. The summed E-state index contributed by atoms with van der Waals surface area (Å²) in [7, 11) is -3.41. The Kier molecular flexibility index (Phi) is 4.27. The van der Waals surface area contributed by atoms with Crippen LogP contribution in [-0.2, 0) is 16.4 Å². The van der Waals surface area contributed by atoms with Gasteiger partial charge in [-0.3, -0.25) is 4.68 Å². The average Bonchev–Trinajstić information content (AvgIpc) is 2.77. The monoisotopic (exact) mass is 286 g/mol. The number of piperidine rings is 1. The molecule has 1 aromatic heterocycles. The summed E-state index contributed by atoms with van der Waals surface area (Å²) in [5, 5.41) is 12.5. The highest BCUT2D eigenvalue weighted by Gasteiger charge is 2.28. The Hall–Kier alpha value is -0.920. The van der Waals surface area contributed by atoms with E-state index in [0.717, 1.165) is 18.5 Å². The third-order valence-corrected chi connectivity index (χ3v) is 4.92. The molecule has 0 saturated carbocycles. The molecule has 0 spiro atoms. The molecule has 2 heterocycles. The van der Waals surface area contributed by atoms with E-state index in [9.17, 15) is 8.42 Å². The van der Waals surface area contributed by atoms with Crippen LogP contribution in [0.1, 0.15) is 38.4 Å². The first-order valence-electron chi connectivity index (χ1n) is 6.65. The molecular weight excluding hydrogens is 264 g/mol. The van der Waals surface area contributed by atoms with Crippen LogP contribution in [0.5, 0.6) is 0 Å². The van der Waals surface area contributed by atoms with Gasteiger partial charge in [0.15, 0.2) is 0 Å². The Bertz CT molecular complexity index is 516. The van der Waals surface area contributed by atoms with Crippen LogP contribution in [0.3, 0.4) is 0 Å². The fourth-order valence-corrected chi connectivity index (χ4v) is 3.16. The number of nitrogens with zero attached hydrogens (tertiary/aromatic N) is 2. The van der Waals surface area contributed by atoms with Crippen molar-refractivity contribution in [1.82, 2.24) is 15.1 Å². The van der Waals surface area contributed by atoms with E-state index in [1.54, 1.807) is 0 Å². The Labute approximate surface area is 114 Å². The molecule has 1 fully saturated rings. The molecule has 19 heavy (non-hydrogen) atoms. The number of primary sulfonamides is 1. The quantitative estimate of drug-likeness (QED) is 0.839. The number of nitrogens with one attached hydrogen (secondary N) is 1. The van der Waals surface area contributed by atoms with E-state index in [1.807, 2.05) is 16.9 Å². The molecule has 108 valence electrons. The van der Waals surface area contributed by atoms with Gasteiger partial charge in [0.1, 0.15) is 0 Å². The topological polar surface area (TPSA) is 90.0 Å². The third-order valence-electron chi connectivity index (χ3n) is 3.58. The van der Waals surface area contributed by atoms with Crippen molar-refractivity contribution in [2.24, 2.45) is 5.14 Å². The molecule has 0 bridgehead atoms. The van der Waals surface area contributed by atoms with E-state index >= 15 is 0 Å². The Balaban J connectivity index is 1.88. The summed E-state index contributed by atoms with van der Waals surface area (Å²) in [6.45, 7) is 4.62. The molecular formula is C12H22N4O2S. The van der Waals surface area contributed by atoms with Crippen LogP contribution >= 0.6 is 0 Å². The fourth-order valence-electron chi connectivity index (χ4n) is 2.37. The number of aromatic nitrogens is 2. The molecule has 2 atom stereocenters. The predicted octanol–water partition coefficient (Wildman–Crippen LogP) is 0.416. The summed E-state index contributed by atoms with van der Waals surface area (Å²) < 4.78 is 24.4. The molecule has 1 aromatic rings. The predicted molar refractivity (Wildman–Crippen MR) is 74.2 cm³/mol. The lowest BCUT2D eigenvalue weighted by Gasteiger charge is -2.28. The van der Waals surface area contributed by atoms with Gasteiger partial charge in [-0.1, -0.05) is 0 Å². The fraction of sp³-hybridized carbons (Fsp3) is 0.750. The van der Waals surface area contributed by atoms with Gasteiger partial charge in [-0.25, -0.2) is 13.6 Å². The maximum atomic E-state index is 11.3. The smallest absolute Gasteiger partial charge is 0.213 e. The Morgan fingerprint density at radius 3 is 2.74 bits per heavy atom. The molecule has 0 radical (unpaired) electrons. The second-order valence-electron chi connectivity index (χ2n) is 5.48. The van der Waals surface area contributed by atoms with Crippen LogP contribution in [0.4, 0.5) is 0 Å². The lowest BCUT2D eigenvalue weighted by atomic mass is 10.0. The van der Waals surface area contributed by atoms with Crippen molar-refractivity contribution in [2.75, 3.05) is 6.54 Å². The number of nitrogens with two attached hydrogens (primary N) is 1. The van der Waals surface area contributed by atoms with Gasteiger partial charge in [-0.2, -0.15) is 5.10 Å². The zero-order valence-electron chi connectivity index (χ0n) is 11.4. The van der Waals surface area contributed by atoms with Gasteiger partial charge in [-0.15, -0.1) is 0 Å². The van der Waals surface area contributed by atoms with Gasteiger partial charge in [0.2, 0.25) is 10.0 Å². The standard InChI is InChI=1S/C12H22N4O2S/c1-9(2)16-6-5-11(15-16)7-10-3-4-12(8-14-10)19(13,17)18/h5-6,9-10,12,14H,3-4,7-8H2,1-2H3,(H2,13,17,18). The summed E-state index contributed by atoms with van der Waals surface area (Å²) in [6.07, 6.45) is 4.25. The van der Waals surface area contributed by atoms with E-state index < -0.39 is 15.3 Å². The summed E-state index contributed by atoms with van der Waals surface area (Å²) in [4.78, 5) is 0. The van der Waals surface area contributed by atoms with E-state index in [1.165, 1.54) is 0 Å². The van der Waals surface area contributed by atoms with Gasteiger partial charge < -0.3 is 5.32 Å². The van der Waals surface area contributed by atoms with Gasteiger partial charge in [-0.05, 0) is 32.8 Å². The summed E-state index contributed by atoms with van der Waals surface area (Å²) in [6, 6.07) is 2.67. The lowest BCUT2D eigenvalue weighted by molar-refractivity contribution is 0.392. The molecule has 2 unspecified atom stereocenters. The zero-order chi connectivity index (χ0) is 14.0. The number of hydrogen-bond donors (Lipinski definition) is 2. The van der Waals surface area contributed by atoms with Gasteiger partial charge in [0.05, 0.1) is 10.9 Å². The summed E-state index contributed by atoms with van der Waals surface area (Å²) >= 11 is 0. The summed E-state index contributed by atoms with van der Waals surface area (Å²) in [5.74, 6) is 0. The van der Waals surface area contributed by atoms with Crippen LogP contribution in [-0.4, -0.2) is 36.0 Å². The minimum absolute atomic E-state index is 0.286. The molecule has 0 amide bonds. The van der Waals surface area contributed by atoms with Crippen LogP contribution in [0.2, 0.25) is 0 Å². The third kappa shape index (κ3) is 3.77. The largest absolute Gasteiger partial charge is 0.312 e. The van der Waals surface area contributed by atoms with Crippen LogP contribution in [0.15, 0.2) is 12.3 Å². The average molecular weight is 286 g/mol. The molecule has 6 nitrogen and oxygen atoms in total. The summed E-state index contributed by atoms with van der Waals surface area (Å²) in [5.41, 5.74) is 1.04. The first-order chi connectivity index (χ1) is 8.86. The molecule has 2 rings (SSSR count). The molecule has 0 aromatic carbocycles. The zero-order valence-corrected chi connectivity index (χ0v) is 12.2. The normalized spacial score (nSPS) is 24.8. The van der Waals surface area contributed by atoms with Crippen LogP contribution in [0.25, 0.3) is 0 Å². The van der Waals surface area contributed by atoms with Crippen molar-refractivity contribution in [1.29, 1.82) is 0 Å². The number of rotatable bonds is 4. The molecule has 1 aliphatic heterocycles. The Morgan fingerprint density at radius 2 is 2.26 bits per heavy atom. The highest BCUT2D eigenvalue weighted by molar-refractivity contribution is 7.89. The molecule has 1 saturated heterocycles.